The van der Waals surface area contributed by atoms with Crippen molar-refractivity contribution in [2.75, 3.05) is 6.54 Å². The minimum absolute atomic E-state index is 0.0135. The van der Waals surface area contributed by atoms with Gasteiger partial charge in [-0.1, -0.05) is 0 Å². The average Bonchev–Trinajstić information content (AvgIpc) is 2.90. The summed E-state index contributed by atoms with van der Waals surface area (Å²) in [5.41, 5.74) is 0.982. The van der Waals surface area contributed by atoms with Crippen LogP contribution in [0.3, 0.4) is 0 Å². The van der Waals surface area contributed by atoms with Gasteiger partial charge in [0, 0.05) is 37.3 Å². The normalized spacial score (nSPS) is 17.3. The minimum atomic E-state index is -0.0172. The second kappa shape index (κ2) is 6.41. The van der Waals surface area contributed by atoms with Crippen LogP contribution in [0.25, 0.3) is 0 Å². The highest BCUT2D eigenvalue weighted by Gasteiger charge is 2.24. The quantitative estimate of drug-likeness (QED) is 0.844. The number of carbonyl (C=O) groups is 2. The van der Waals surface area contributed by atoms with E-state index >= 15 is 0 Å². The molecule has 1 unspecified atom stereocenters. The molecule has 2 N–H and O–H groups in total. The smallest absolute Gasteiger partial charge is 0.222 e. The Bertz CT molecular complexity index is 428. The summed E-state index contributed by atoms with van der Waals surface area (Å²) < 4.78 is 0. The molecule has 1 atom stereocenters. The predicted molar refractivity (Wildman–Crippen MR) is 72.3 cm³/mol. The van der Waals surface area contributed by atoms with Gasteiger partial charge in [-0.25, -0.2) is 0 Å². The van der Waals surface area contributed by atoms with E-state index in [-0.39, 0.29) is 17.9 Å². The molecule has 1 fully saturated rings. The van der Waals surface area contributed by atoms with E-state index in [9.17, 15) is 9.59 Å². The van der Waals surface area contributed by atoms with Gasteiger partial charge in [0.2, 0.25) is 11.8 Å². The number of rotatable bonds is 5. The molecule has 0 bridgehead atoms. The standard InChI is InChI=1S/C14H21N3O2/c1-11(17-8-3-2-6-14(17)19)9-13(18)16-10-12-5-4-7-15-12/h4-5,7,11,15H,2-3,6,8-10H2,1H3,(H,16,18). The fourth-order valence-corrected chi connectivity index (χ4v) is 2.41. The van der Waals surface area contributed by atoms with E-state index in [1.807, 2.05) is 30.2 Å². The van der Waals surface area contributed by atoms with Crippen LogP contribution in [0.4, 0.5) is 0 Å². The van der Waals surface area contributed by atoms with E-state index in [1.54, 1.807) is 0 Å². The lowest BCUT2D eigenvalue weighted by Gasteiger charge is -2.32. The Labute approximate surface area is 113 Å². The van der Waals surface area contributed by atoms with Crippen LogP contribution in [0.2, 0.25) is 0 Å². The number of aromatic amines is 1. The van der Waals surface area contributed by atoms with Gasteiger partial charge in [-0.05, 0) is 31.9 Å². The highest BCUT2D eigenvalue weighted by atomic mass is 16.2. The van der Waals surface area contributed by atoms with Crippen LogP contribution in [0.5, 0.6) is 0 Å². The van der Waals surface area contributed by atoms with Crippen molar-refractivity contribution in [2.24, 2.45) is 0 Å². The molecule has 2 heterocycles. The predicted octanol–water partition coefficient (Wildman–Crippen LogP) is 1.42. The van der Waals surface area contributed by atoms with Gasteiger partial charge in [0.05, 0.1) is 6.54 Å². The number of H-pyrrole nitrogens is 1. The van der Waals surface area contributed by atoms with Gasteiger partial charge in [0.1, 0.15) is 0 Å². The molecule has 0 radical (unpaired) electrons. The Hall–Kier alpha value is -1.78. The maximum atomic E-state index is 11.8. The number of piperidine rings is 1. The Morgan fingerprint density at radius 1 is 1.53 bits per heavy atom. The lowest BCUT2D eigenvalue weighted by molar-refractivity contribution is -0.136. The molecular formula is C14H21N3O2. The molecule has 19 heavy (non-hydrogen) atoms. The first kappa shape index (κ1) is 13.6. The molecule has 2 amide bonds. The second-order valence-electron chi connectivity index (χ2n) is 5.07. The third-order valence-electron chi connectivity index (χ3n) is 3.51. The molecule has 1 aromatic heterocycles. The third kappa shape index (κ3) is 3.84. The maximum absolute atomic E-state index is 11.8. The number of aromatic nitrogens is 1. The summed E-state index contributed by atoms with van der Waals surface area (Å²) >= 11 is 0. The van der Waals surface area contributed by atoms with Crippen molar-refractivity contribution < 1.29 is 9.59 Å². The number of nitrogens with zero attached hydrogens (tertiary/aromatic N) is 1. The summed E-state index contributed by atoms with van der Waals surface area (Å²) in [5, 5.41) is 2.86. The zero-order chi connectivity index (χ0) is 13.7. The van der Waals surface area contributed by atoms with Crippen LogP contribution >= 0.6 is 0 Å². The molecular weight excluding hydrogens is 242 g/mol. The van der Waals surface area contributed by atoms with Gasteiger partial charge in [0.25, 0.3) is 0 Å². The molecule has 0 spiro atoms. The molecule has 0 aliphatic carbocycles. The summed E-state index contributed by atoms with van der Waals surface area (Å²) in [6.07, 6.45) is 4.83. The van der Waals surface area contributed by atoms with Crippen LogP contribution in [0.15, 0.2) is 18.3 Å². The first-order chi connectivity index (χ1) is 9.16. The Morgan fingerprint density at radius 2 is 2.37 bits per heavy atom. The summed E-state index contributed by atoms with van der Waals surface area (Å²) in [4.78, 5) is 28.5. The molecule has 5 heteroatoms. The number of hydrogen-bond donors (Lipinski definition) is 2. The second-order valence-corrected chi connectivity index (χ2v) is 5.07. The topological polar surface area (TPSA) is 65.2 Å². The van der Waals surface area contributed by atoms with Crippen molar-refractivity contribution >= 4 is 11.8 Å². The van der Waals surface area contributed by atoms with Crippen LogP contribution in [-0.2, 0) is 16.1 Å². The molecule has 104 valence electrons. The van der Waals surface area contributed by atoms with Crippen molar-refractivity contribution in [3.05, 3.63) is 24.0 Å². The Morgan fingerprint density at radius 3 is 3.05 bits per heavy atom. The van der Waals surface area contributed by atoms with E-state index < -0.39 is 0 Å². The van der Waals surface area contributed by atoms with Gasteiger partial charge >= 0.3 is 0 Å². The number of amides is 2. The first-order valence-corrected chi connectivity index (χ1v) is 6.85. The monoisotopic (exact) mass is 263 g/mol. The van der Waals surface area contributed by atoms with Crippen molar-refractivity contribution in [3.8, 4) is 0 Å². The lowest BCUT2D eigenvalue weighted by Crippen LogP contribution is -2.44. The fraction of sp³-hybridized carbons (Fsp3) is 0.571. The molecule has 2 rings (SSSR count). The van der Waals surface area contributed by atoms with Crippen LogP contribution in [0, 0.1) is 0 Å². The van der Waals surface area contributed by atoms with E-state index in [0.29, 0.717) is 19.4 Å². The van der Waals surface area contributed by atoms with E-state index in [2.05, 4.69) is 10.3 Å². The highest BCUT2D eigenvalue weighted by molar-refractivity contribution is 5.80. The molecule has 0 saturated carbocycles. The Kier molecular flexibility index (Phi) is 4.60. The largest absolute Gasteiger partial charge is 0.364 e. The molecule has 0 aromatic carbocycles. The van der Waals surface area contributed by atoms with Crippen molar-refractivity contribution in [3.63, 3.8) is 0 Å². The molecule has 1 aromatic rings. The maximum Gasteiger partial charge on any atom is 0.222 e. The minimum Gasteiger partial charge on any atom is -0.364 e. The zero-order valence-corrected chi connectivity index (χ0v) is 11.3. The number of nitrogens with one attached hydrogen (secondary N) is 2. The lowest BCUT2D eigenvalue weighted by atomic mass is 10.1. The number of carbonyl (C=O) groups excluding carboxylic acids is 2. The van der Waals surface area contributed by atoms with Crippen molar-refractivity contribution in [1.29, 1.82) is 0 Å². The zero-order valence-electron chi connectivity index (χ0n) is 11.3. The van der Waals surface area contributed by atoms with Crippen molar-refractivity contribution in [1.82, 2.24) is 15.2 Å². The van der Waals surface area contributed by atoms with Gasteiger partial charge in [0.15, 0.2) is 0 Å². The van der Waals surface area contributed by atoms with E-state index in [0.717, 1.165) is 25.1 Å². The highest BCUT2D eigenvalue weighted by Crippen LogP contribution is 2.15. The Balaban J connectivity index is 1.76. The SMILES string of the molecule is CC(CC(=O)NCc1ccc[nH]1)N1CCCCC1=O. The van der Waals surface area contributed by atoms with Gasteiger partial charge < -0.3 is 15.2 Å². The summed E-state index contributed by atoms with van der Waals surface area (Å²) in [6.45, 7) is 3.23. The molecule has 1 aliphatic heterocycles. The van der Waals surface area contributed by atoms with Gasteiger partial charge in [-0.15, -0.1) is 0 Å². The first-order valence-electron chi connectivity index (χ1n) is 6.85. The summed E-state index contributed by atoms with van der Waals surface area (Å²) in [5.74, 6) is 0.163. The number of likely N-dealkylation sites (tertiary alicyclic amines) is 1. The van der Waals surface area contributed by atoms with E-state index in [4.69, 9.17) is 0 Å². The molecule has 1 saturated heterocycles. The molecule has 1 aliphatic rings. The van der Waals surface area contributed by atoms with Crippen LogP contribution < -0.4 is 5.32 Å². The van der Waals surface area contributed by atoms with Crippen molar-refractivity contribution in [2.45, 2.75) is 45.2 Å². The summed E-state index contributed by atoms with van der Waals surface area (Å²) in [6, 6.07) is 3.81. The fourth-order valence-electron chi connectivity index (χ4n) is 2.41. The number of hydrogen-bond acceptors (Lipinski definition) is 2. The third-order valence-corrected chi connectivity index (χ3v) is 3.51. The van der Waals surface area contributed by atoms with E-state index in [1.165, 1.54) is 0 Å². The molecule has 5 nitrogen and oxygen atoms in total. The van der Waals surface area contributed by atoms with Gasteiger partial charge in [-0.2, -0.15) is 0 Å². The average molecular weight is 263 g/mol. The van der Waals surface area contributed by atoms with Gasteiger partial charge in [-0.3, -0.25) is 9.59 Å². The van der Waals surface area contributed by atoms with Crippen LogP contribution in [0.1, 0.15) is 38.3 Å². The van der Waals surface area contributed by atoms with Crippen LogP contribution in [-0.4, -0.2) is 34.3 Å². The summed E-state index contributed by atoms with van der Waals surface area (Å²) in [7, 11) is 0.